The summed E-state index contributed by atoms with van der Waals surface area (Å²) < 4.78 is 0. The van der Waals surface area contributed by atoms with Crippen molar-refractivity contribution in [2.45, 2.75) is 51.5 Å². The Bertz CT molecular complexity index is 439. The van der Waals surface area contributed by atoms with Crippen molar-refractivity contribution in [1.29, 1.82) is 0 Å². The van der Waals surface area contributed by atoms with E-state index < -0.39 is 0 Å². The number of aliphatic hydroxyl groups excluding tert-OH is 1. The molecule has 0 amide bonds. The maximum absolute atomic E-state index is 9.99. The highest BCUT2D eigenvalue weighted by molar-refractivity contribution is 5.37. The lowest BCUT2D eigenvalue weighted by atomic mass is 9.67. The minimum atomic E-state index is -0.0769. The largest absolute Gasteiger partial charge is 0.395 e. The van der Waals surface area contributed by atoms with E-state index in [0.29, 0.717) is 0 Å². The summed E-state index contributed by atoms with van der Waals surface area (Å²) in [7, 11) is 0. The Hall–Kier alpha value is -0.860. The smallest absolute Gasteiger partial charge is 0.0529 e. The van der Waals surface area contributed by atoms with Gasteiger partial charge in [-0.15, -0.1) is 0 Å². The highest BCUT2D eigenvalue weighted by Crippen LogP contribution is 2.40. The van der Waals surface area contributed by atoms with Crippen LogP contribution in [0.2, 0.25) is 0 Å². The zero-order valence-corrected chi connectivity index (χ0v) is 12.0. The summed E-state index contributed by atoms with van der Waals surface area (Å²) in [5.74, 6) is 0. The predicted octanol–water partition coefficient (Wildman–Crippen LogP) is 2.70. The Balaban J connectivity index is 2.43. The van der Waals surface area contributed by atoms with E-state index in [4.69, 9.17) is 0 Å². The molecule has 1 aliphatic heterocycles. The van der Waals surface area contributed by atoms with Crippen LogP contribution in [0.5, 0.6) is 0 Å². The predicted molar refractivity (Wildman–Crippen MR) is 76.0 cm³/mol. The number of hydrogen-bond donors (Lipinski definition) is 2. The van der Waals surface area contributed by atoms with Crippen LogP contribution in [0.15, 0.2) is 18.2 Å². The number of benzene rings is 1. The zero-order chi connectivity index (χ0) is 13.4. The fourth-order valence-electron chi connectivity index (χ4n) is 3.50. The van der Waals surface area contributed by atoms with E-state index in [9.17, 15) is 5.11 Å². The summed E-state index contributed by atoms with van der Waals surface area (Å²) in [4.78, 5) is 0. The number of aryl methyl sites for hydroxylation is 2. The van der Waals surface area contributed by atoms with Gasteiger partial charge < -0.3 is 10.4 Å². The van der Waals surface area contributed by atoms with Crippen LogP contribution < -0.4 is 5.32 Å². The summed E-state index contributed by atoms with van der Waals surface area (Å²) in [6.07, 6.45) is 2.00. The van der Waals surface area contributed by atoms with Crippen LogP contribution in [0.4, 0.5) is 0 Å². The Morgan fingerprint density at radius 2 is 2.00 bits per heavy atom. The first-order valence-corrected chi connectivity index (χ1v) is 6.82. The standard InChI is InChI=1S/C16H25NO/c1-12-5-6-14(13(2)9-12)16(11-18)7-8-17-15(3,4)10-16/h5-6,9,17-18H,7-8,10-11H2,1-4H3. The minimum Gasteiger partial charge on any atom is -0.395 e. The summed E-state index contributed by atoms with van der Waals surface area (Å²) in [6.45, 7) is 9.94. The SMILES string of the molecule is Cc1ccc(C2(CO)CCNC(C)(C)C2)c(C)c1. The summed E-state index contributed by atoms with van der Waals surface area (Å²) in [5, 5.41) is 13.5. The summed E-state index contributed by atoms with van der Waals surface area (Å²) >= 11 is 0. The molecule has 2 N–H and O–H groups in total. The van der Waals surface area contributed by atoms with Gasteiger partial charge in [0.15, 0.2) is 0 Å². The fourth-order valence-corrected chi connectivity index (χ4v) is 3.50. The third-order valence-corrected chi connectivity index (χ3v) is 4.24. The second kappa shape index (κ2) is 4.67. The number of piperidine rings is 1. The average molecular weight is 247 g/mol. The molecular weight excluding hydrogens is 222 g/mol. The lowest BCUT2D eigenvalue weighted by Crippen LogP contribution is -2.54. The van der Waals surface area contributed by atoms with Gasteiger partial charge in [0, 0.05) is 11.0 Å². The van der Waals surface area contributed by atoms with Crippen molar-refractivity contribution in [1.82, 2.24) is 5.32 Å². The Kier molecular flexibility index (Phi) is 3.52. The van der Waals surface area contributed by atoms with E-state index in [0.717, 1.165) is 19.4 Å². The maximum Gasteiger partial charge on any atom is 0.0529 e. The molecule has 2 heteroatoms. The van der Waals surface area contributed by atoms with Crippen molar-refractivity contribution in [3.8, 4) is 0 Å². The maximum atomic E-state index is 9.99. The van der Waals surface area contributed by atoms with Crippen LogP contribution in [0.25, 0.3) is 0 Å². The molecule has 1 atom stereocenters. The number of hydrogen-bond acceptors (Lipinski definition) is 2. The highest BCUT2D eigenvalue weighted by atomic mass is 16.3. The van der Waals surface area contributed by atoms with E-state index in [1.807, 2.05) is 0 Å². The van der Waals surface area contributed by atoms with Crippen LogP contribution >= 0.6 is 0 Å². The number of nitrogens with one attached hydrogen (secondary N) is 1. The second-order valence-corrected chi connectivity index (χ2v) is 6.49. The van der Waals surface area contributed by atoms with Crippen molar-refractivity contribution in [3.63, 3.8) is 0 Å². The number of rotatable bonds is 2. The van der Waals surface area contributed by atoms with Gasteiger partial charge in [-0.25, -0.2) is 0 Å². The quantitative estimate of drug-likeness (QED) is 0.842. The Morgan fingerprint density at radius 3 is 2.56 bits per heavy atom. The first-order chi connectivity index (χ1) is 8.38. The van der Waals surface area contributed by atoms with E-state index in [2.05, 4.69) is 51.2 Å². The number of aliphatic hydroxyl groups is 1. The highest BCUT2D eigenvalue weighted by Gasteiger charge is 2.41. The summed E-state index contributed by atoms with van der Waals surface area (Å²) in [6, 6.07) is 6.60. The topological polar surface area (TPSA) is 32.3 Å². The van der Waals surface area contributed by atoms with Gasteiger partial charge in [0.1, 0.15) is 0 Å². The van der Waals surface area contributed by atoms with Crippen LogP contribution in [-0.2, 0) is 5.41 Å². The molecule has 0 aliphatic carbocycles. The molecule has 1 saturated heterocycles. The van der Waals surface area contributed by atoms with Gasteiger partial charge in [-0.1, -0.05) is 23.8 Å². The van der Waals surface area contributed by atoms with Crippen molar-refractivity contribution in [2.24, 2.45) is 0 Å². The van der Waals surface area contributed by atoms with E-state index in [1.165, 1.54) is 16.7 Å². The molecule has 1 fully saturated rings. The molecule has 1 aromatic rings. The molecule has 1 aromatic carbocycles. The van der Waals surface area contributed by atoms with Gasteiger partial charge in [-0.05, 0) is 58.2 Å². The molecule has 2 rings (SSSR count). The van der Waals surface area contributed by atoms with Crippen molar-refractivity contribution in [3.05, 3.63) is 34.9 Å². The summed E-state index contributed by atoms with van der Waals surface area (Å²) in [5.41, 5.74) is 3.94. The van der Waals surface area contributed by atoms with Crippen LogP contribution in [0.3, 0.4) is 0 Å². The molecule has 1 aliphatic rings. The van der Waals surface area contributed by atoms with Crippen molar-refractivity contribution < 1.29 is 5.11 Å². The fraction of sp³-hybridized carbons (Fsp3) is 0.625. The van der Waals surface area contributed by atoms with E-state index >= 15 is 0 Å². The van der Waals surface area contributed by atoms with Crippen LogP contribution in [0.1, 0.15) is 43.4 Å². The van der Waals surface area contributed by atoms with Crippen molar-refractivity contribution >= 4 is 0 Å². The van der Waals surface area contributed by atoms with Gasteiger partial charge in [0.25, 0.3) is 0 Å². The van der Waals surface area contributed by atoms with E-state index in [1.54, 1.807) is 0 Å². The Labute approximate surface area is 110 Å². The average Bonchev–Trinajstić information content (AvgIpc) is 2.27. The first-order valence-electron chi connectivity index (χ1n) is 6.82. The molecule has 0 spiro atoms. The molecule has 0 radical (unpaired) electrons. The molecule has 18 heavy (non-hydrogen) atoms. The molecule has 1 heterocycles. The molecule has 0 bridgehead atoms. The molecule has 0 aromatic heterocycles. The molecule has 100 valence electrons. The van der Waals surface area contributed by atoms with E-state index in [-0.39, 0.29) is 17.6 Å². The lowest BCUT2D eigenvalue weighted by molar-refractivity contribution is 0.111. The molecule has 2 nitrogen and oxygen atoms in total. The monoisotopic (exact) mass is 247 g/mol. The third kappa shape index (κ3) is 2.45. The lowest BCUT2D eigenvalue weighted by Gasteiger charge is -2.45. The van der Waals surface area contributed by atoms with Crippen LogP contribution in [0, 0.1) is 13.8 Å². The normalized spacial score (nSPS) is 27.2. The Morgan fingerprint density at radius 1 is 1.28 bits per heavy atom. The second-order valence-electron chi connectivity index (χ2n) is 6.49. The molecule has 0 saturated carbocycles. The van der Waals surface area contributed by atoms with Gasteiger partial charge in [-0.3, -0.25) is 0 Å². The minimum absolute atomic E-state index is 0.0769. The first kappa shape index (κ1) is 13.6. The van der Waals surface area contributed by atoms with Crippen LogP contribution in [-0.4, -0.2) is 23.8 Å². The third-order valence-electron chi connectivity index (χ3n) is 4.24. The van der Waals surface area contributed by atoms with Gasteiger partial charge in [0.05, 0.1) is 6.61 Å². The zero-order valence-electron chi connectivity index (χ0n) is 12.0. The molecular formula is C16H25NO. The van der Waals surface area contributed by atoms with Gasteiger partial charge in [-0.2, -0.15) is 0 Å². The van der Waals surface area contributed by atoms with Gasteiger partial charge >= 0.3 is 0 Å². The van der Waals surface area contributed by atoms with Gasteiger partial charge in [0.2, 0.25) is 0 Å². The van der Waals surface area contributed by atoms with Crippen molar-refractivity contribution in [2.75, 3.05) is 13.2 Å². The molecule has 1 unspecified atom stereocenters.